The summed E-state index contributed by atoms with van der Waals surface area (Å²) in [6.45, 7) is 6.58. The van der Waals surface area contributed by atoms with Crippen LogP contribution in [0.5, 0.6) is 0 Å². The number of amides is 2. The van der Waals surface area contributed by atoms with Gasteiger partial charge < -0.3 is 28.5 Å². The van der Waals surface area contributed by atoms with Crippen molar-refractivity contribution >= 4 is 17.8 Å². The summed E-state index contributed by atoms with van der Waals surface area (Å²) >= 11 is 0. The topological polar surface area (TPSA) is 125 Å². The van der Waals surface area contributed by atoms with E-state index in [1.165, 1.54) is 7.11 Å². The average Bonchev–Trinajstić information content (AvgIpc) is 3.63. The van der Waals surface area contributed by atoms with Crippen molar-refractivity contribution in [2.75, 3.05) is 33.5 Å². The third-order valence-electron chi connectivity index (χ3n) is 7.52. The second kappa shape index (κ2) is 15.8. The molecule has 0 aliphatic carbocycles. The van der Waals surface area contributed by atoms with Crippen molar-refractivity contribution in [2.45, 2.75) is 58.5 Å². The number of ether oxygens (including phenoxy) is 4. The molecule has 10 heteroatoms. The lowest BCUT2D eigenvalue weighted by Gasteiger charge is -2.25. The molecule has 3 atom stereocenters. The number of ketones is 1. The van der Waals surface area contributed by atoms with Crippen LogP contribution in [0.15, 0.2) is 65.1 Å². The summed E-state index contributed by atoms with van der Waals surface area (Å²) in [6.07, 6.45) is -1.80. The van der Waals surface area contributed by atoms with Crippen LogP contribution in [0.1, 0.15) is 47.7 Å². The van der Waals surface area contributed by atoms with Crippen molar-refractivity contribution in [3.8, 4) is 11.1 Å². The van der Waals surface area contributed by atoms with Crippen LogP contribution < -0.4 is 0 Å². The van der Waals surface area contributed by atoms with E-state index < -0.39 is 36.0 Å². The van der Waals surface area contributed by atoms with Gasteiger partial charge in [0.15, 0.2) is 5.76 Å². The molecule has 1 fully saturated rings. The van der Waals surface area contributed by atoms with Crippen LogP contribution in [0.4, 0.5) is 4.79 Å². The number of aliphatic hydroxyl groups is 1. The van der Waals surface area contributed by atoms with Crippen LogP contribution in [-0.2, 0) is 36.8 Å². The Kier molecular flexibility index (Phi) is 11.8. The van der Waals surface area contributed by atoms with Crippen LogP contribution in [0.3, 0.4) is 0 Å². The van der Waals surface area contributed by atoms with E-state index in [2.05, 4.69) is 0 Å². The quantitative estimate of drug-likeness (QED) is 0.136. The lowest BCUT2D eigenvalue weighted by Crippen LogP contribution is -2.49. The van der Waals surface area contributed by atoms with Crippen molar-refractivity contribution in [1.82, 2.24) is 4.90 Å². The molecule has 2 heterocycles. The number of aryl methyl sites for hydroxylation is 2. The number of methoxy groups -OCH3 is 1. The van der Waals surface area contributed by atoms with Gasteiger partial charge in [-0.25, -0.2) is 9.69 Å². The number of hydrogen-bond donors (Lipinski definition) is 1. The number of benzene rings is 2. The van der Waals surface area contributed by atoms with E-state index in [1.54, 1.807) is 6.07 Å². The summed E-state index contributed by atoms with van der Waals surface area (Å²) in [5.41, 5.74) is 3.63. The third kappa shape index (κ3) is 8.21. The maximum atomic E-state index is 13.6. The molecule has 10 nitrogen and oxygen atoms in total. The van der Waals surface area contributed by atoms with Crippen LogP contribution >= 0.6 is 0 Å². The molecule has 2 aromatic carbocycles. The highest BCUT2D eigenvalue weighted by atomic mass is 16.6. The van der Waals surface area contributed by atoms with Gasteiger partial charge in [-0.05, 0) is 36.5 Å². The number of nitrogens with zero attached hydrogens (tertiary/aromatic N) is 1. The zero-order chi connectivity index (χ0) is 31.6. The normalized spacial score (nSPS) is 16.3. The zero-order valence-electron chi connectivity index (χ0n) is 25.7. The van der Waals surface area contributed by atoms with Gasteiger partial charge in [0.05, 0.1) is 25.9 Å². The molecule has 0 radical (unpaired) electrons. The van der Waals surface area contributed by atoms with Gasteiger partial charge in [0.2, 0.25) is 11.9 Å². The summed E-state index contributed by atoms with van der Waals surface area (Å²) in [5, 5.41) is 9.69. The maximum Gasteiger partial charge on any atom is 0.417 e. The van der Waals surface area contributed by atoms with Crippen molar-refractivity contribution in [3.05, 3.63) is 83.3 Å². The van der Waals surface area contributed by atoms with E-state index in [1.807, 2.05) is 75.4 Å². The minimum absolute atomic E-state index is 0.0408. The smallest absolute Gasteiger partial charge is 0.417 e. The Bertz CT molecular complexity index is 1400. The van der Waals surface area contributed by atoms with Crippen molar-refractivity contribution in [3.63, 3.8) is 0 Å². The molecule has 1 saturated heterocycles. The number of Topliss-reactive ketones (excluding diaryl/α,β-unsaturated/α-hetero) is 1. The molecule has 0 unspecified atom stereocenters. The summed E-state index contributed by atoms with van der Waals surface area (Å²) < 4.78 is 28.1. The monoisotopic (exact) mass is 607 g/mol. The van der Waals surface area contributed by atoms with Crippen molar-refractivity contribution in [1.29, 1.82) is 0 Å². The third-order valence-corrected chi connectivity index (χ3v) is 7.52. The summed E-state index contributed by atoms with van der Waals surface area (Å²) in [4.78, 5) is 40.3. The van der Waals surface area contributed by atoms with Crippen LogP contribution in [0.2, 0.25) is 0 Å². The molecule has 1 N–H and O–H groups in total. The Labute approximate surface area is 257 Å². The summed E-state index contributed by atoms with van der Waals surface area (Å²) in [7, 11) is 1.25. The number of carbonyl (C=O) groups is 3. The lowest BCUT2D eigenvalue weighted by molar-refractivity contribution is -0.137. The number of aliphatic hydroxyl groups excluding tert-OH is 1. The first-order valence-electron chi connectivity index (χ1n) is 14.8. The molecule has 44 heavy (non-hydrogen) atoms. The van der Waals surface area contributed by atoms with Gasteiger partial charge in [0.1, 0.15) is 18.5 Å². The number of cyclic esters (lactones) is 1. The number of rotatable bonds is 16. The van der Waals surface area contributed by atoms with E-state index in [0.717, 1.165) is 27.2 Å². The fourth-order valence-corrected chi connectivity index (χ4v) is 5.04. The molecule has 4 rings (SSSR count). The first-order valence-corrected chi connectivity index (χ1v) is 14.8. The molecule has 0 bridgehead atoms. The minimum atomic E-state index is -1.57. The fourth-order valence-electron chi connectivity index (χ4n) is 5.04. The standard InChI is InChI=1S/C34H41NO9/c1-22(2)28-21-43-34(39)35(28)33(38)32(40-4)31(37)30-17-27(25-13-8-10-23(3)16-25)29(44-30)14-9-15-41-20-26(18-36)42-19-24-11-6-5-7-12-24/h5-8,10-13,16-17,22,26,28,32,36H,9,14-15,18-21H2,1-4H3/t26-,28-,32+/m1/s1. The van der Waals surface area contributed by atoms with E-state index in [-0.39, 0.29) is 31.5 Å². The largest absolute Gasteiger partial charge is 0.457 e. The Morgan fingerprint density at radius 2 is 1.86 bits per heavy atom. The van der Waals surface area contributed by atoms with Crippen LogP contribution in [0, 0.1) is 12.8 Å². The predicted molar refractivity (Wildman–Crippen MR) is 162 cm³/mol. The second-order valence-corrected chi connectivity index (χ2v) is 11.2. The van der Waals surface area contributed by atoms with Gasteiger partial charge in [0.25, 0.3) is 5.91 Å². The fraction of sp³-hybridized carbons (Fsp3) is 0.441. The van der Waals surface area contributed by atoms with Crippen LogP contribution in [0.25, 0.3) is 11.1 Å². The molecular weight excluding hydrogens is 566 g/mol. The Hall–Kier alpha value is -3.83. The van der Waals surface area contributed by atoms with E-state index in [9.17, 15) is 19.5 Å². The van der Waals surface area contributed by atoms with Gasteiger partial charge in [-0.1, -0.05) is 74.0 Å². The maximum absolute atomic E-state index is 13.6. The number of furan rings is 1. The molecule has 1 aliphatic rings. The van der Waals surface area contributed by atoms with E-state index >= 15 is 0 Å². The Balaban J connectivity index is 1.43. The van der Waals surface area contributed by atoms with Gasteiger partial charge in [-0.15, -0.1) is 0 Å². The van der Waals surface area contributed by atoms with Crippen molar-refractivity contribution in [2.24, 2.45) is 5.92 Å². The van der Waals surface area contributed by atoms with Gasteiger partial charge in [-0.2, -0.15) is 0 Å². The highest BCUT2D eigenvalue weighted by molar-refractivity contribution is 6.14. The Morgan fingerprint density at radius 3 is 2.55 bits per heavy atom. The molecule has 3 aromatic rings. The molecule has 1 aliphatic heterocycles. The Morgan fingerprint density at radius 1 is 1.09 bits per heavy atom. The summed E-state index contributed by atoms with van der Waals surface area (Å²) in [5.74, 6) is -1.01. The van der Waals surface area contributed by atoms with Crippen molar-refractivity contribution < 1.29 is 42.9 Å². The highest BCUT2D eigenvalue weighted by Gasteiger charge is 2.45. The first-order chi connectivity index (χ1) is 21.2. The molecule has 2 amide bonds. The van der Waals surface area contributed by atoms with E-state index in [4.69, 9.17) is 23.4 Å². The van der Waals surface area contributed by atoms with Gasteiger partial charge in [-0.3, -0.25) is 9.59 Å². The molecular formula is C34H41NO9. The lowest BCUT2D eigenvalue weighted by atomic mass is 10.0. The molecule has 1 aromatic heterocycles. The molecule has 236 valence electrons. The van der Waals surface area contributed by atoms with Gasteiger partial charge >= 0.3 is 6.09 Å². The molecule has 0 spiro atoms. The van der Waals surface area contributed by atoms with Crippen LogP contribution in [-0.4, -0.2) is 79.6 Å². The predicted octanol–water partition coefficient (Wildman–Crippen LogP) is 4.98. The second-order valence-electron chi connectivity index (χ2n) is 11.2. The molecule has 0 saturated carbocycles. The SMILES string of the molecule is CO[C@@H](C(=O)c1cc(-c2cccc(C)c2)c(CCCOC[C@@H](CO)OCc2ccccc2)o1)C(=O)N1C(=O)OC[C@@H]1C(C)C. The number of carbonyl (C=O) groups excluding carboxylic acids is 3. The average molecular weight is 608 g/mol. The highest BCUT2D eigenvalue weighted by Crippen LogP contribution is 2.31. The van der Waals surface area contributed by atoms with E-state index in [0.29, 0.717) is 31.8 Å². The van der Waals surface area contributed by atoms with Gasteiger partial charge in [0, 0.05) is 25.7 Å². The first kappa shape index (κ1) is 33.1. The number of hydrogen-bond acceptors (Lipinski definition) is 9. The minimum Gasteiger partial charge on any atom is -0.457 e. The zero-order valence-corrected chi connectivity index (χ0v) is 25.7. The number of imide groups is 1. The summed E-state index contributed by atoms with van der Waals surface area (Å²) in [6, 6.07) is 18.6.